The summed E-state index contributed by atoms with van der Waals surface area (Å²) in [5, 5.41) is 13.9. The lowest BCUT2D eigenvalue weighted by Gasteiger charge is -2.36. The molecule has 0 aromatic rings. The number of hydrogen-bond donors (Lipinski definition) is 2. The maximum atomic E-state index is 10.1. The van der Waals surface area contributed by atoms with Crippen molar-refractivity contribution in [1.82, 2.24) is 5.32 Å². The highest BCUT2D eigenvalue weighted by Crippen LogP contribution is 2.31. The van der Waals surface area contributed by atoms with Gasteiger partial charge in [-0.15, -0.1) is 0 Å². The normalized spacial score (nSPS) is 36.8. The van der Waals surface area contributed by atoms with Gasteiger partial charge in [0, 0.05) is 6.04 Å². The molecule has 2 fully saturated rings. The van der Waals surface area contributed by atoms with E-state index in [0.29, 0.717) is 6.04 Å². The maximum absolute atomic E-state index is 10.1. The van der Waals surface area contributed by atoms with Gasteiger partial charge in [-0.25, -0.2) is 0 Å². The van der Waals surface area contributed by atoms with Crippen molar-refractivity contribution < 1.29 is 5.11 Å². The van der Waals surface area contributed by atoms with Gasteiger partial charge in [-0.3, -0.25) is 0 Å². The largest absolute Gasteiger partial charge is 0.390 e. The maximum Gasteiger partial charge on any atom is 0.0646 e. The van der Waals surface area contributed by atoms with Gasteiger partial charge in [0.15, 0.2) is 0 Å². The molecular formula is C14H27NO. The van der Waals surface area contributed by atoms with Gasteiger partial charge in [0.05, 0.1) is 5.60 Å². The molecule has 0 aromatic heterocycles. The van der Waals surface area contributed by atoms with Gasteiger partial charge in [-0.2, -0.15) is 0 Å². The van der Waals surface area contributed by atoms with Crippen LogP contribution in [-0.4, -0.2) is 23.3 Å². The van der Waals surface area contributed by atoms with Crippen molar-refractivity contribution >= 4 is 0 Å². The summed E-state index contributed by atoms with van der Waals surface area (Å²) < 4.78 is 0. The Bertz CT molecular complexity index is 203. The van der Waals surface area contributed by atoms with E-state index in [-0.39, 0.29) is 5.60 Å². The van der Waals surface area contributed by atoms with Gasteiger partial charge in [0.1, 0.15) is 0 Å². The number of hydrogen-bond acceptors (Lipinski definition) is 2. The topological polar surface area (TPSA) is 32.3 Å². The SMILES string of the molecule is CCC1(O)CCC(NCC2CCCC2)CC1. The Morgan fingerprint density at radius 2 is 1.75 bits per heavy atom. The van der Waals surface area contributed by atoms with E-state index in [9.17, 15) is 5.11 Å². The summed E-state index contributed by atoms with van der Waals surface area (Å²) >= 11 is 0. The summed E-state index contributed by atoms with van der Waals surface area (Å²) in [5.41, 5.74) is -0.342. The highest BCUT2D eigenvalue weighted by molar-refractivity contribution is 4.87. The minimum absolute atomic E-state index is 0.342. The van der Waals surface area contributed by atoms with Crippen LogP contribution in [0.15, 0.2) is 0 Å². The van der Waals surface area contributed by atoms with Crippen molar-refractivity contribution in [2.75, 3.05) is 6.54 Å². The Labute approximate surface area is 99.8 Å². The fourth-order valence-electron chi connectivity index (χ4n) is 3.26. The van der Waals surface area contributed by atoms with Crippen molar-refractivity contribution in [3.8, 4) is 0 Å². The first-order chi connectivity index (χ1) is 7.72. The lowest BCUT2D eigenvalue weighted by atomic mass is 9.80. The van der Waals surface area contributed by atoms with Crippen LogP contribution in [0.3, 0.4) is 0 Å². The van der Waals surface area contributed by atoms with Crippen LogP contribution in [0.4, 0.5) is 0 Å². The molecule has 0 unspecified atom stereocenters. The standard InChI is InChI=1S/C14H27NO/c1-2-14(16)9-7-13(8-10-14)15-11-12-5-3-4-6-12/h12-13,15-16H,2-11H2,1H3. The van der Waals surface area contributed by atoms with E-state index in [1.54, 1.807) is 0 Å². The monoisotopic (exact) mass is 225 g/mol. The van der Waals surface area contributed by atoms with Gasteiger partial charge < -0.3 is 10.4 Å². The van der Waals surface area contributed by atoms with Crippen molar-refractivity contribution in [1.29, 1.82) is 0 Å². The fourth-order valence-corrected chi connectivity index (χ4v) is 3.26. The predicted molar refractivity (Wildman–Crippen MR) is 67.5 cm³/mol. The average molecular weight is 225 g/mol. The van der Waals surface area contributed by atoms with Gasteiger partial charge in [0.25, 0.3) is 0 Å². The second kappa shape index (κ2) is 5.50. The Kier molecular flexibility index (Phi) is 4.26. The lowest BCUT2D eigenvalue weighted by molar-refractivity contribution is -0.00703. The first kappa shape index (κ1) is 12.4. The smallest absolute Gasteiger partial charge is 0.0646 e. The van der Waals surface area contributed by atoms with Gasteiger partial charge in [-0.05, 0) is 57.4 Å². The molecule has 2 nitrogen and oxygen atoms in total. The zero-order valence-electron chi connectivity index (χ0n) is 10.7. The van der Waals surface area contributed by atoms with Gasteiger partial charge in [-0.1, -0.05) is 19.8 Å². The molecular weight excluding hydrogens is 198 g/mol. The van der Waals surface area contributed by atoms with Crippen LogP contribution in [0.25, 0.3) is 0 Å². The van der Waals surface area contributed by atoms with Crippen LogP contribution >= 0.6 is 0 Å². The Morgan fingerprint density at radius 3 is 2.31 bits per heavy atom. The quantitative estimate of drug-likeness (QED) is 0.771. The third-order valence-electron chi connectivity index (χ3n) is 4.74. The molecule has 0 heterocycles. The third-order valence-corrected chi connectivity index (χ3v) is 4.74. The Balaban J connectivity index is 1.65. The molecule has 0 spiro atoms. The van der Waals surface area contributed by atoms with E-state index in [4.69, 9.17) is 0 Å². The zero-order valence-corrected chi connectivity index (χ0v) is 10.7. The number of aliphatic hydroxyl groups is 1. The second-order valence-corrected chi connectivity index (χ2v) is 5.91. The molecule has 2 aliphatic carbocycles. The summed E-state index contributed by atoms with van der Waals surface area (Å²) in [7, 11) is 0. The van der Waals surface area contributed by atoms with Crippen molar-refractivity contribution in [3.05, 3.63) is 0 Å². The summed E-state index contributed by atoms with van der Waals surface area (Å²) in [4.78, 5) is 0. The molecule has 2 aliphatic rings. The molecule has 2 heteroatoms. The van der Waals surface area contributed by atoms with Crippen molar-refractivity contribution in [3.63, 3.8) is 0 Å². The van der Waals surface area contributed by atoms with Crippen molar-refractivity contribution in [2.24, 2.45) is 5.92 Å². The lowest BCUT2D eigenvalue weighted by Crippen LogP contribution is -2.42. The van der Waals surface area contributed by atoms with Crippen LogP contribution < -0.4 is 5.32 Å². The van der Waals surface area contributed by atoms with E-state index in [0.717, 1.165) is 38.0 Å². The molecule has 94 valence electrons. The molecule has 2 rings (SSSR count). The van der Waals surface area contributed by atoms with E-state index in [2.05, 4.69) is 12.2 Å². The average Bonchev–Trinajstić information content (AvgIpc) is 2.81. The highest BCUT2D eigenvalue weighted by Gasteiger charge is 2.31. The highest BCUT2D eigenvalue weighted by atomic mass is 16.3. The Morgan fingerprint density at radius 1 is 1.12 bits per heavy atom. The minimum atomic E-state index is -0.342. The van der Waals surface area contributed by atoms with Crippen LogP contribution in [-0.2, 0) is 0 Å². The number of rotatable bonds is 4. The summed E-state index contributed by atoms with van der Waals surface area (Å²) in [6, 6.07) is 0.674. The number of nitrogens with one attached hydrogen (secondary N) is 1. The first-order valence-electron chi connectivity index (χ1n) is 7.17. The molecule has 0 aliphatic heterocycles. The van der Waals surface area contributed by atoms with Gasteiger partial charge >= 0.3 is 0 Å². The van der Waals surface area contributed by atoms with E-state index in [1.807, 2.05) is 0 Å². The van der Waals surface area contributed by atoms with E-state index >= 15 is 0 Å². The molecule has 0 amide bonds. The zero-order chi connectivity index (χ0) is 11.4. The summed E-state index contributed by atoms with van der Waals surface area (Å²) in [6.45, 7) is 3.32. The van der Waals surface area contributed by atoms with E-state index in [1.165, 1.54) is 32.2 Å². The van der Waals surface area contributed by atoms with Crippen LogP contribution in [0.2, 0.25) is 0 Å². The predicted octanol–water partition coefficient (Wildman–Crippen LogP) is 2.85. The fraction of sp³-hybridized carbons (Fsp3) is 1.00. The van der Waals surface area contributed by atoms with Crippen LogP contribution in [0.1, 0.15) is 64.7 Å². The molecule has 0 bridgehead atoms. The molecule has 2 N–H and O–H groups in total. The molecule has 0 saturated heterocycles. The summed E-state index contributed by atoms with van der Waals surface area (Å²) in [5.74, 6) is 0.937. The van der Waals surface area contributed by atoms with Crippen LogP contribution in [0.5, 0.6) is 0 Å². The molecule has 2 saturated carbocycles. The van der Waals surface area contributed by atoms with E-state index < -0.39 is 0 Å². The van der Waals surface area contributed by atoms with Gasteiger partial charge in [0.2, 0.25) is 0 Å². The molecule has 16 heavy (non-hydrogen) atoms. The molecule has 0 radical (unpaired) electrons. The first-order valence-corrected chi connectivity index (χ1v) is 7.17. The second-order valence-electron chi connectivity index (χ2n) is 5.91. The van der Waals surface area contributed by atoms with Crippen LogP contribution in [0, 0.1) is 5.92 Å². The molecule has 0 aromatic carbocycles. The third kappa shape index (κ3) is 3.21. The minimum Gasteiger partial charge on any atom is -0.390 e. The van der Waals surface area contributed by atoms with Crippen molar-refractivity contribution in [2.45, 2.75) is 76.4 Å². The summed E-state index contributed by atoms with van der Waals surface area (Å²) in [6.07, 6.45) is 11.0. The Hall–Kier alpha value is -0.0800. The molecule has 0 atom stereocenters.